The molecule has 0 aromatic heterocycles. The third-order valence-electron chi connectivity index (χ3n) is 7.00. The van der Waals surface area contributed by atoms with Gasteiger partial charge in [0.2, 0.25) is 5.91 Å². The van der Waals surface area contributed by atoms with Crippen LogP contribution in [0.1, 0.15) is 48.8 Å². The van der Waals surface area contributed by atoms with Crippen molar-refractivity contribution in [1.82, 2.24) is 20.0 Å². The first-order valence-corrected chi connectivity index (χ1v) is 11.9. The number of carbonyl (C=O) groups is 1. The van der Waals surface area contributed by atoms with E-state index in [1.807, 2.05) is 18.0 Å². The summed E-state index contributed by atoms with van der Waals surface area (Å²) in [7, 11) is 1.81. The first-order valence-electron chi connectivity index (χ1n) is 11.9. The minimum atomic E-state index is 0. The molecule has 7 nitrogen and oxygen atoms in total. The molecule has 2 fully saturated rings. The highest BCUT2D eigenvalue weighted by atomic mass is 127. The largest absolute Gasteiger partial charge is 0.508 e. The molecule has 32 heavy (non-hydrogen) atoms. The molecule has 0 saturated carbocycles. The SMILES string of the molecule is CN=C(NCc1c(O)ccc2c1CCCC2)N1CCN(CC(=O)N2CCCCC2)CC1.I. The molecule has 2 heterocycles. The summed E-state index contributed by atoms with van der Waals surface area (Å²) >= 11 is 0. The Morgan fingerprint density at radius 1 is 0.969 bits per heavy atom. The number of fused-ring (bicyclic) bond motifs is 1. The maximum absolute atomic E-state index is 12.6. The van der Waals surface area contributed by atoms with E-state index < -0.39 is 0 Å². The minimum Gasteiger partial charge on any atom is -0.508 e. The number of hydrogen-bond donors (Lipinski definition) is 2. The number of rotatable bonds is 4. The van der Waals surface area contributed by atoms with Gasteiger partial charge in [0.1, 0.15) is 5.75 Å². The van der Waals surface area contributed by atoms with Gasteiger partial charge in [-0.3, -0.25) is 14.7 Å². The fraction of sp³-hybridized carbons (Fsp3) is 0.667. The van der Waals surface area contributed by atoms with Crippen molar-refractivity contribution in [3.05, 3.63) is 28.8 Å². The van der Waals surface area contributed by atoms with Crippen LogP contribution in [0.25, 0.3) is 0 Å². The smallest absolute Gasteiger partial charge is 0.236 e. The van der Waals surface area contributed by atoms with Crippen molar-refractivity contribution < 1.29 is 9.90 Å². The van der Waals surface area contributed by atoms with E-state index in [9.17, 15) is 9.90 Å². The Labute approximate surface area is 209 Å². The number of amides is 1. The second kappa shape index (κ2) is 12.1. The number of benzene rings is 1. The van der Waals surface area contributed by atoms with Gasteiger partial charge >= 0.3 is 0 Å². The number of likely N-dealkylation sites (tertiary alicyclic amines) is 1. The lowest BCUT2D eigenvalue weighted by Crippen LogP contribution is -2.54. The summed E-state index contributed by atoms with van der Waals surface area (Å²) in [6.07, 6.45) is 8.10. The Bertz CT molecular complexity index is 802. The minimum absolute atomic E-state index is 0. The first-order chi connectivity index (χ1) is 15.2. The number of halogens is 1. The summed E-state index contributed by atoms with van der Waals surface area (Å²) < 4.78 is 0. The number of piperazine rings is 1. The standard InChI is InChI=1S/C24H37N5O2.HI/c1-25-24(26-17-21-20-8-4-3-7-19(20)9-10-22(21)30)29-15-13-27(14-16-29)18-23(31)28-11-5-2-6-12-28;/h9-10,30H,2-8,11-18H2,1H3,(H,25,26);1H. The highest BCUT2D eigenvalue weighted by molar-refractivity contribution is 14.0. The van der Waals surface area contributed by atoms with Gasteiger partial charge in [0.15, 0.2) is 5.96 Å². The van der Waals surface area contributed by atoms with Crippen molar-refractivity contribution in [3.63, 3.8) is 0 Å². The molecular weight excluding hydrogens is 517 g/mol. The zero-order valence-electron chi connectivity index (χ0n) is 19.3. The third kappa shape index (κ3) is 6.07. The van der Waals surface area contributed by atoms with Gasteiger partial charge in [-0.2, -0.15) is 0 Å². The molecular formula is C24H38IN5O2. The van der Waals surface area contributed by atoms with Gasteiger partial charge in [-0.05, 0) is 62.1 Å². The maximum atomic E-state index is 12.6. The summed E-state index contributed by atoms with van der Waals surface area (Å²) in [6, 6.07) is 3.91. The van der Waals surface area contributed by atoms with E-state index in [0.717, 1.165) is 76.5 Å². The fourth-order valence-corrected chi connectivity index (χ4v) is 5.14. The molecule has 1 aromatic carbocycles. The lowest BCUT2D eigenvalue weighted by Gasteiger charge is -2.37. The molecule has 2 N–H and O–H groups in total. The van der Waals surface area contributed by atoms with Crippen LogP contribution in [-0.2, 0) is 24.2 Å². The summed E-state index contributed by atoms with van der Waals surface area (Å²) in [5.41, 5.74) is 3.71. The van der Waals surface area contributed by atoms with Crippen molar-refractivity contribution in [2.75, 3.05) is 52.9 Å². The second-order valence-corrected chi connectivity index (χ2v) is 9.01. The van der Waals surface area contributed by atoms with Crippen LogP contribution in [0.3, 0.4) is 0 Å². The van der Waals surface area contributed by atoms with E-state index >= 15 is 0 Å². The molecule has 1 aromatic rings. The summed E-state index contributed by atoms with van der Waals surface area (Å²) in [5.74, 6) is 1.53. The van der Waals surface area contributed by atoms with Gasteiger partial charge in [-0.15, -0.1) is 24.0 Å². The quantitative estimate of drug-likeness (QED) is 0.340. The number of nitrogens with zero attached hydrogens (tertiary/aromatic N) is 4. The van der Waals surface area contributed by atoms with E-state index in [0.29, 0.717) is 18.8 Å². The normalized spacial score (nSPS) is 19.8. The number of aromatic hydroxyl groups is 1. The van der Waals surface area contributed by atoms with Gasteiger partial charge in [-0.1, -0.05) is 6.07 Å². The predicted octanol–water partition coefficient (Wildman–Crippen LogP) is 2.59. The van der Waals surface area contributed by atoms with Crippen LogP contribution in [0.5, 0.6) is 5.75 Å². The van der Waals surface area contributed by atoms with Crippen molar-refractivity contribution in [1.29, 1.82) is 0 Å². The Kier molecular flexibility index (Phi) is 9.46. The van der Waals surface area contributed by atoms with Gasteiger partial charge in [0.25, 0.3) is 0 Å². The third-order valence-corrected chi connectivity index (χ3v) is 7.00. The van der Waals surface area contributed by atoms with Crippen molar-refractivity contribution in [2.24, 2.45) is 4.99 Å². The summed E-state index contributed by atoms with van der Waals surface area (Å²) in [5, 5.41) is 13.9. The lowest BCUT2D eigenvalue weighted by atomic mass is 9.88. The molecule has 0 atom stereocenters. The number of piperidine rings is 1. The van der Waals surface area contributed by atoms with E-state index in [1.54, 1.807) is 0 Å². The molecule has 1 aliphatic carbocycles. The molecule has 2 aliphatic heterocycles. The predicted molar refractivity (Wildman–Crippen MR) is 139 cm³/mol. The average Bonchev–Trinajstić information content (AvgIpc) is 2.82. The zero-order chi connectivity index (χ0) is 21.6. The number of aliphatic imine (C=N–C) groups is 1. The van der Waals surface area contributed by atoms with Crippen molar-refractivity contribution in [3.8, 4) is 5.75 Å². The Hall–Kier alpha value is -1.55. The number of phenolic OH excluding ortho intramolecular Hbond substituents is 1. The number of carbonyl (C=O) groups excluding carboxylic acids is 1. The molecule has 1 amide bonds. The molecule has 178 valence electrons. The number of nitrogens with one attached hydrogen (secondary N) is 1. The van der Waals surface area contributed by atoms with E-state index in [1.165, 1.54) is 30.4 Å². The van der Waals surface area contributed by atoms with Crippen molar-refractivity contribution >= 4 is 35.8 Å². The lowest BCUT2D eigenvalue weighted by molar-refractivity contribution is -0.133. The number of aryl methyl sites for hydroxylation is 1. The number of guanidine groups is 1. The molecule has 3 aliphatic rings. The van der Waals surface area contributed by atoms with E-state index in [4.69, 9.17) is 0 Å². The summed E-state index contributed by atoms with van der Waals surface area (Å²) in [4.78, 5) is 23.6. The van der Waals surface area contributed by atoms with E-state index in [2.05, 4.69) is 26.2 Å². The fourth-order valence-electron chi connectivity index (χ4n) is 5.14. The van der Waals surface area contributed by atoms with Crippen LogP contribution in [0.15, 0.2) is 17.1 Å². The number of phenols is 1. The first kappa shape index (κ1) is 25.1. The maximum Gasteiger partial charge on any atom is 0.236 e. The van der Waals surface area contributed by atoms with Gasteiger partial charge in [0.05, 0.1) is 6.54 Å². The zero-order valence-corrected chi connectivity index (χ0v) is 21.6. The molecule has 8 heteroatoms. The van der Waals surface area contributed by atoms with Crippen LogP contribution in [0, 0.1) is 0 Å². The van der Waals surface area contributed by atoms with Crippen LogP contribution < -0.4 is 5.32 Å². The second-order valence-electron chi connectivity index (χ2n) is 9.01. The van der Waals surface area contributed by atoms with Crippen LogP contribution in [0.4, 0.5) is 0 Å². The van der Waals surface area contributed by atoms with E-state index in [-0.39, 0.29) is 29.9 Å². The molecule has 4 rings (SSSR count). The molecule has 0 bridgehead atoms. The Balaban J connectivity index is 0.00000289. The van der Waals surface area contributed by atoms with Gasteiger partial charge < -0.3 is 20.2 Å². The van der Waals surface area contributed by atoms with Crippen LogP contribution >= 0.6 is 24.0 Å². The number of hydrogen-bond acceptors (Lipinski definition) is 4. The molecule has 2 saturated heterocycles. The molecule has 0 spiro atoms. The Morgan fingerprint density at radius 2 is 1.69 bits per heavy atom. The summed E-state index contributed by atoms with van der Waals surface area (Å²) in [6.45, 7) is 6.41. The van der Waals surface area contributed by atoms with Gasteiger partial charge in [0, 0.05) is 58.4 Å². The topological polar surface area (TPSA) is 71.4 Å². The molecule has 0 unspecified atom stereocenters. The van der Waals surface area contributed by atoms with Crippen molar-refractivity contribution in [2.45, 2.75) is 51.5 Å². The average molecular weight is 556 g/mol. The highest BCUT2D eigenvalue weighted by Gasteiger charge is 2.24. The van der Waals surface area contributed by atoms with Gasteiger partial charge in [-0.25, -0.2) is 0 Å². The molecule has 0 radical (unpaired) electrons. The van der Waals surface area contributed by atoms with Crippen LogP contribution in [0.2, 0.25) is 0 Å². The monoisotopic (exact) mass is 555 g/mol. The van der Waals surface area contributed by atoms with Crippen LogP contribution in [-0.4, -0.2) is 84.5 Å². The highest BCUT2D eigenvalue weighted by Crippen LogP contribution is 2.30. The Morgan fingerprint density at radius 3 is 2.41 bits per heavy atom.